The molecule has 1 saturated heterocycles. The van der Waals surface area contributed by atoms with Crippen LogP contribution < -0.4 is 9.64 Å². The molecule has 1 fully saturated rings. The van der Waals surface area contributed by atoms with Crippen molar-refractivity contribution < 1.29 is 22.7 Å². The number of hydrogen-bond acceptors (Lipinski definition) is 5. The summed E-state index contributed by atoms with van der Waals surface area (Å²) in [6, 6.07) is 10.6. The fourth-order valence-corrected chi connectivity index (χ4v) is 3.85. The Morgan fingerprint density at radius 1 is 0.939 bits per heavy atom. The molecule has 0 spiro atoms. The molecule has 0 N–H and O–H groups in total. The molecule has 1 aliphatic rings. The first-order valence-electron chi connectivity index (χ1n) is 9.87. The summed E-state index contributed by atoms with van der Waals surface area (Å²) >= 11 is 12.0. The third-order valence-electron chi connectivity index (χ3n) is 4.98. The number of benzene rings is 2. The van der Waals surface area contributed by atoms with E-state index in [4.69, 9.17) is 27.9 Å². The van der Waals surface area contributed by atoms with E-state index in [2.05, 4.69) is 9.97 Å². The van der Waals surface area contributed by atoms with Gasteiger partial charge >= 0.3 is 6.18 Å². The summed E-state index contributed by atoms with van der Waals surface area (Å²) in [6.45, 7) is 1.66. The highest BCUT2D eigenvalue weighted by atomic mass is 35.5. The molecule has 2 aromatic carbocycles. The molecule has 11 heteroatoms. The zero-order valence-electron chi connectivity index (χ0n) is 17.0. The van der Waals surface area contributed by atoms with E-state index in [0.717, 1.165) is 12.1 Å². The first-order chi connectivity index (χ1) is 15.7. The molecule has 6 nitrogen and oxygen atoms in total. The molecule has 172 valence electrons. The lowest BCUT2D eigenvalue weighted by atomic mass is 10.1. The summed E-state index contributed by atoms with van der Waals surface area (Å²) in [5, 5.41) is 0.862. The molecule has 4 rings (SSSR count). The number of carbonyl (C=O) groups is 1. The van der Waals surface area contributed by atoms with Crippen LogP contribution in [0, 0.1) is 0 Å². The zero-order chi connectivity index (χ0) is 23.6. The van der Waals surface area contributed by atoms with Gasteiger partial charge in [0, 0.05) is 54.1 Å². The Morgan fingerprint density at radius 3 is 2.18 bits per heavy atom. The normalized spacial score (nSPS) is 14.3. The topological polar surface area (TPSA) is 58.6 Å². The Hall–Kier alpha value is -3.04. The predicted molar refractivity (Wildman–Crippen MR) is 118 cm³/mol. The molecule has 0 radical (unpaired) electrons. The smallest absolute Gasteiger partial charge is 0.416 e. The van der Waals surface area contributed by atoms with Crippen molar-refractivity contribution in [2.75, 3.05) is 31.1 Å². The highest BCUT2D eigenvalue weighted by Crippen LogP contribution is 2.30. The van der Waals surface area contributed by atoms with Crippen molar-refractivity contribution in [3.63, 3.8) is 0 Å². The van der Waals surface area contributed by atoms with Gasteiger partial charge in [0.1, 0.15) is 5.75 Å². The van der Waals surface area contributed by atoms with Gasteiger partial charge < -0.3 is 14.5 Å². The maximum Gasteiger partial charge on any atom is 0.416 e. The number of ether oxygens (including phenoxy) is 1. The van der Waals surface area contributed by atoms with E-state index < -0.39 is 11.7 Å². The van der Waals surface area contributed by atoms with E-state index in [1.165, 1.54) is 12.1 Å². The Kier molecular flexibility index (Phi) is 6.62. The lowest BCUT2D eigenvalue weighted by Crippen LogP contribution is -2.49. The van der Waals surface area contributed by atoms with Crippen LogP contribution in [0.1, 0.15) is 15.9 Å². The molecule has 33 heavy (non-hydrogen) atoms. The van der Waals surface area contributed by atoms with E-state index >= 15 is 0 Å². The molecule has 0 saturated carbocycles. The molecule has 0 bridgehead atoms. The van der Waals surface area contributed by atoms with E-state index in [9.17, 15) is 18.0 Å². The first kappa shape index (κ1) is 23.1. The third kappa shape index (κ3) is 5.66. The van der Waals surface area contributed by atoms with Crippen LogP contribution in [0.5, 0.6) is 11.6 Å². The van der Waals surface area contributed by atoms with Gasteiger partial charge in [-0.25, -0.2) is 4.98 Å². The number of nitrogens with zero attached hydrogens (tertiary/aromatic N) is 4. The Balaban J connectivity index is 1.38. The van der Waals surface area contributed by atoms with Crippen LogP contribution in [0.2, 0.25) is 10.0 Å². The average molecular weight is 497 g/mol. The van der Waals surface area contributed by atoms with Crippen LogP contribution in [0.15, 0.2) is 54.7 Å². The number of carbonyl (C=O) groups excluding carboxylic acids is 1. The van der Waals surface area contributed by atoms with Crippen molar-refractivity contribution in [1.29, 1.82) is 0 Å². The van der Waals surface area contributed by atoms with Crippen LogP contribution in [0.3, 0.4) is 0 Å². The van der Waals surface area contributed by atoms with E-state index in [1.807, 2.05) is 4.90 Å². The monoisotopic (exact) mass is 496 g/mol. The number of piperazine rings is 1. The lowest BCUT2D eigenvalue weighted by molar-refractivity contribution is -0.137. The predicted octanol–water partition coefficient (Wildman–Crippen LogP) is 5.56. The SMILES string of the molecule is O=C(c1ccc(C(F)(F)F)cc1)N1CCN(c2nccc(Oc3cc(Cl)cc(Cl)c3)n2)CC1. The average Bonchev–Trinajstić information content (AvgIpc) is 2.78. The van der Waals surface area contributed by atoms with Crippen LogP contribution in [0.4, 0.5) is 19.1 Å². The number of aromatic nitrogens is 2. The zero-order valence-corrected chi connectivity index (χ0v) is 18.5. The van der Waals surface area contributed by atoms with Gasteiger partial charge in [-0.2, -0.15) is 18.2 Å². The fourth-order valence-electron chi connectivity index (χ4n) is 3.34. The second-order valence-corrected chi connectivity index (χ2v) is 8.13. The summed E-state index contributed by atoms with van der Waals surface area (Å²) in [5.41, 5.74) is -0.577. The Morgan fingerprint density at radius 2 is 1.58 bits per heavy atom. The summed E-state index contributed by atoms with van der Waals surface area (Å²) in [5.74, 6) is 0.854. The molecule has 2 heterocycles. The van der Waals surface area contributed by atoms with Crippen LogP contribution in [0.25, 0.3) is 0 Å². The molecule has 0 atom stereocenters. The minimum Gasteiger partial charge on any atom is -0.439 e. The van der Waals surface area contributed by atoms with Gasteiger partial charge in [0.2, 0.25) is 11.8 Å². The third-order valence-corrected chi connectivity index (χ3v) is 5.42. The van der Waals surface area contributed by atoms with Crippen molar-refractivity contribution in [1.82, 2.24) is 14.9 Å². The van der Waals surface area contributed by atoms with Crippen molar-refractivity contribution in [2.24, 2.45) is 0 Å². The lowest BCUT2D eigenvalue weighted by Gasteiger charge is -2.34. The van der Waals surface area contributed by atoms with Crippen molar-refractivity contribution in [3.8, 4) is 11.6 Å². The standard InChI is InChI=1S/C22H17Cl2F3N4O2/c23-16-11-17(24)13-18(12-16)33-19-5-6-28-21(29-19)31-9-7-30(8-10-31)20(32)14-1-3-15(4-2-14)22(25,26)27/h1-6,11-13H,7-10H2. The highest BCUT2D eigenvalue weighted by molar-refractivity contribution is 6.34. The number of alkyl halides is 3. The van der Waals surface area contributed by atoms with Gasteiger partial charge in [-0.1, -0.05) is 23.2 Å². The van der Waals surface area contributed by atoms with Crippen LogP contribution in [-0.2, 0) is 6.18 Å². The largest absolute Gasteiger partial charge is 0.439 e. The highest BCUT2D eigenvalue weighted by Gasteiger charge is 2.31. The quantitative estimate of drug-likeness (QED) is 0.473. The van der Waals surface area contributed by atoms with Gasteiger partial charge in [0.25, 0.3) is 5.91 Å². The summed E-state index contributed by atoms with van der Waals surface area (Å²) in [7, 11) is 0. The van der Waals surface area contributed by atoms with Gasteiger partial charge in [-0.15, -0.1) is 0 Å². The van der Waals surface area contributed by atoms with Crippen molar-refractivity contribution in [3.05, 3.63) is 75.9 Å². The summed E-state index contributed by atoms with van der Waals surface area (Å²) in [6.07, 6.45) is -2.88. The summed E-state index contributed by atoms with van der Waals surface area (Å²) < 4.78 is 43.9. The molecule has 3 aromatic rings. The Labute approximate surface area is 197 Å². The van der Waals surface area contributed by atoms with Gasteiger partial charge in [-0.05, 0) is 42.5 Å². The van der Waals surface area contributed by atoms with Gasteiger partial charge in [-0.3, -0.25) is 4.79 Å². The van der Waals surface area contributed by atoms with Crippen molar-refractivity contribution >= 4 is 35.1 Å². The maximum atomic E-state index is 12.7. The molecule has 0 unspecified atom stereocenters. The Bertz CT molecular complexity index is 1130. The first-order valence-corrected chi connectivity index (χ1v) is 10.6. The van der Waals surface area contributed by atoms with Crippen LogP contribution >= 0.6 is 23.2 Å². The van der Waals surface area contributed by atoms with Crippen LogP contribution in [-0.4, -0.2) is 47.0 Å². The van der Waals surface area contributed by atoms with Gasteiger partial charge in [0.05, 0.1) is 5.56 Å². The second kappa shape index (κ2) is 9.44. The number of hydrogen-bond donors (Lipinski definition) is 0. The number of amides is 1. The second-order valence-electron chi connectivity index (χ2n) is 7.26. The fraction of sp³-hybridized carbons (Fsp3) is 0.227. The number of anilines is 1. The molecule has 0 aliphatic carbocycles. The summed E-state index contributed by atoms with van der Waals surface area (Å²) in [4.78, 5) is 24.8. The maximum absolute atomic E-state index is 12.7. The van der Waals surface area contributed by atoms with Crippen molar-refractivity contribution in [2.45, 2.75) is 6.18 Å². The van der Waals surface area contributed by atoms with E-state index in [0.29, 0.717) is 53.8 Å². The van der Waals surface area contributed by atoms with E-state index in [-0.39, 0.29) is 11.5 Å². The molecule has 1 aliphatic heterocycles. The molecular weight excluding hydrogens is 480 g/mol. The molecule has 1 amide bonds. The van der Waals surface area contributed by atoms with E-state index in [1.54, 1.807) is 35.4 Å². The number of rotatable bonds is 4. The number of halogens is 5. The van der Waals surface area contributed by atoms with Gasteiger partial charge in [0.15, 0.2) is 0 Å². The minimum atomic E-state index is -4.44. The molecular formula is C22H17Cl2F3N4O2. The molecule has 1 aromatic heterocycles. The minimum absolute atomic E-state index is 0.211.